The molecule has 4 nitrogen and oxygen atoms in total. The van der Waals surface area contributed by atoms with Crippen molar-refractivity contribution in [3.8, 4) is 0 Å². The minimum absolute atomic E-state index is 0.396. The third kappa shape index (κ3) is 1.48. The Balaban J connectivity index is 3.16. The second-order valence-corrected chi connectivity index (χ2v) is 1.61. The molecule has 0 radical (unpaired) electrons. The van der Waals surface area contributed by atoms with Crippen molar-refractivity contribution in [1.29, 1.82) is 0 Å². The molecule has 0 bridgehead atoms. The summed E-state index contributed by atoms with van der Waals surface area (Å²) in [4.78, 5) is 12.5. The number of hydrogen-bond acceptors (Lipinski definition) is 3. The van der Waals surface area contributed by atoms with Crippen molar-refractivity contribution < 1.29 is 13.4 Å². The van der Waals surface area contributed by atoms with Crippen molar-refractivity contribution in [3.63, 3.8) is 0 Å². The zero-order chi connectivity index (χ0) is 8.43. The van der Waals surface area contributed by atoms with E-state index in [2.05, 4.69) is 4.98 Å². The highest BCUT2D eigenvalue weighted by Gasteiger charge is 2.05. The maximum absolute atomic E-state index is 12.0. The van der Waals surface area contributed by atoms with Gasteiger partial charge in [0.1, 0.15) is 0 Å². The van der Waals surface area contributed by atoms with Crippen LogP contribution in [0.15, 0.2) is 17.1 Å². The molecule has 11 heavy (non-hydrogen) atoms. The Hall–Kier alpha value is -1.53. The summed E-state index contributed by atoms with van der Waals surface area (Å²) in [7, 11) is 0. The van der Waals surface area contributed by atoms with Gasteiger partial charge in [0.15, 0.2) is 0 Å². The van der Waals surface area contributed by atoms with E-state index in [1.54, 1.807) is 0 Å². The lowest BCUT2D eigenvalue weighted by atomic mass is 10.6. The summed E-state index contributed by atoms with van der Waals surface area (Å²) in [6, 6.07) is 0.668. The van der Waals surface area contributed by atoms with E-state index in [-0.39, 0.29) is 0 Å². The average molecular weight is 165 g/mol. The fourth-order valence-corrected chi connectivity index (χ4v) is 0.473. The van der Waals surface area contributed by atoms with E-state index in [9.17, 15) is 18.2 Å². The Morgan fingerprint density at radius 3 is 2.64 bits per heavy atom. The monoisotopic (exact) mass is 165 g/mol. The summed E-state index contributed by atoms with van der Waals surface area (Å²) in [5.74, 6) is -0.885. The zero-order valence-electron chi connectivity index (χ0n) is 5.04. The molecule has 0 aliphatic heterocycles. The molecular weight excluding hydrogens is 163 g/mol. The standard InChI is InChI=1S/C4H2F3N3O/c5-9-2-1-3(10(6)7)8-4(9)11/h1-2H. The Labute approximate surface area is 58.3 Å². The summed E-state index contributed by atoms with van der Waals surface area (Å²) < 4.78 is 35.2. The largest absolute Gasteiger partial charge is 0.377 e. The molecule has 0 saturated carbocycles. The molecule has 1 rings (SSSR count). The molecule has 0 atom stereocenters. The van der Waals surface area contributed by atoms with Crippen LogP contribution in [-0.4, -0.2) is 9.77 Å². The van der Waals surface area contributed by atoms with Gasteiger partial charge < -0.3 is 0 Å². The molecule has 1 aromatic rings. The maximum Gasteiger partial charge on any atom is 0.377 e. The Kier molecular flexibility index (Phi) is 1.79. The van der Waals surface area contributed by atoms with E-state index >= 15 is 0 Å². The van der Waals surface area contributed by atoms with Crippen molar-refractivity contribution in [2.45, 2.75) is 0 Å². The van der Waals surface area contributed by atoms with Crippen LogP contribution >= 0.6 is 0 Å². The molecular formula is C4H2F3N3O. The van der Waals surface area contributed by atoms with Crippen LogP contribution in [0, 0.1) is 0 Å². The molecule has 1 heterocycles. The van der Waals surface area contributed by atoms with Crippen LogP contribution in [0.1, 0.15) is 0 Å². The normalized spacial score (nSPS) is 9.73. The number of anilines is 1. The number of nitrogens with zero attached hydrogens (tertiary/aromatic N) is 3. The summed E-state index contributed by atoms with van der Waals surface area (Å²) >= 11 is 0. The summed E-state index contributed by atoms with van der Waals surface area (Å²) in [6.45, 7) is 0. The Bertz CT molecular complexity index is 310. The van der Waals surface area contributed by atoms with Gasteiger partial charge in [0.25, 0.3) is 0 Å². The molecule has 0 aliphatic carbocycles. The maximum atomic E-state index is 12.0. The van der Waals surface area contributed by atoms with Gasteiger partial charge in [0, 0.05) is 12.3 Å². The highest BCUT2D eigenvalue weighted by molar-refractivity contribution is 5.28. The molecule has 0 saturated heterocycles. The van der Waals surface area contributed by atoms with Gasteiger partial charge in [-0.15, -0.1) is 4.79 Å². The van der Waals surface area contributed by atoms with E-state index in [0.717, 1.165) is 0 Å². The first kappa shape index (κ1) is 7.58. The third-order valence-electron chi connectivity index (χ3n) is 0.921. The van der Waals surface area contributed by atoms with Gasteiger partial charge in [0.05, 0.1) is 0 Å². The summed E-state index contributed by atoms with van der Waals surface area (Å²) in [5.41, 5.74) is -1.37. The predicted molar refractivity (Wildman–Crippen MR) is 29.7 cm³/mol. The van der Waals surface area contributed by atoms with E-state index in [4.69, 9.17) is 0 Å². The molecule has 0 aliphatic rings. The fourth-order valence-electron chi connectivity index (χ4n) is 0.473. The molecule has 0 N–H and O–H groups in total. The second-order valence-electron chi connectivity index (χ2n) is 1.61. The van der Waals surface area contributed by atoms with Gasteiger partial charge in [0.2, 0.25) is 5.82 Å². The van der Waals surface area contributed by atoms with Crippen molar-refractivity contribution in [2.24, 2.45) is 0 Å². The summed E-state index contributed by atoms with van der Waals surface area (Å²) in [6.07, 6.45) is 0.552. The van der Waals surface area contributed by atoms with Crippen molar-refractivity contribution >= 4 is 5.82 Å². The van der Waals surface area contributed by atoms with E-state index in [1.807, 2.05) is 0 Å². The van der Waals surface area contributed by atoms with Gasteiger partial charge in [-0.25, -0.2) is 4.79 Å². The first-order valence-electron chi connectivity index (χ1n) is 2.49. The predicted octanol–water partition coefficient (Wildman–Crippen LogP) is 0.551. The molecule has 0 aromatic carbocycles. The van der Waals surface area contributed by atoms with E-state index in [1.165, 1.54) is 0 Å². The molecule has 1 aromatic heterocycles. The van der Waals surface area contributed by atoms with Crippen LogP contribution in [-0.2, 0) is 0 Å². The van der Waals surface area contributed by atoms with Gasteiger partial charge in [-0.2, -0.15) is 4.98 Å². The molecule has 0 unspecified atom stereocenters. The number of hydrogen-bond donors (Lipinski definition) is 0. The van der Waals surface area contributed by atoms with Crippen molar-refractivity contribution in [1.82, 2.24) is 9.77 Å². The van der Waals surface area contributed by atoms with Crippen LogP contribution in [0.25, 0.3) is 0 Å². The highest BCUT2D eigenvalue weighted by Crippen LogP contribution is 2.06. The summed E-state index contributed by atoms with van der Waals surface area (Å²) in [5, 5.41) is -1.37. The molecule has 0 spiro atoms. The third-order valence-corrected chi connectivity index (χ3v) is 0.921. The molecule has 60 valence electrons. The van der Waals surface area contributed by atoms with Crippen LogP contribution < -0.4 is 11.0 Å². The minimum Gasteiger partial charge on any atom is -0.243 e. The van der Waals surface area contributed by atoms with Crippen molar-refractivity contribution in [2.75, 3.05) is 5.34 Å². The van der Waals surface area contributed by atoms with E-state index < -0.39 is 21.6 Å². The smallest absolute Gasteiger partial charge is 0.243 e. The van der Waals surface area contributed by atoms with Crippen LogP contribution in [0.2, 0.25) is 0 Å². The lowest BCUT2D eigenvalue weighted by Gasteiger charge is -1.97. The van der Waals surface area contributed by atoms with E-state index in [0.29, 0.717) is 12.3 Å². The van der Waals surface area contributed by atoms with Gasteiger partial charge in [-0.05, 0) is 5.34 Å². The molecule has 0 amide bonds. The van der Waals surface area contributed by atoms with Crippen molar-refractivity contribution in [3.05, 3.63) is 22.7 Å². The van der Waals surface area contributed by atoms with Gasteiger partial charge >= 0.3 is 5.69 Å². The minimum atomic E-state index is -1.37. The number of rotatable bonds is 1. The topological polar surface area (TPSA) is 38.1 Å². The lowest BCUT2D eigenvalue weighted by Crippen LogP contribution is -2.18. The van der Waals surface area contributed by atoms with Gasteiger partial charge in [-0.1, -0.05) is 13.4 Å². The first-order valence-corrected chi connectivity index (χ1v) is 2.49. The quantitative estimate of drug-likeness (QED) is 0.570. The van der Waals surface area contributed by atoms with Gasteiger partial charge in [-0.3, -0.25) is 0 Å². The van der Waals surface area contributed by atoms with Crippen LogP contribution in [0.5, 0.6) is 0 Å². The molecule has 7 heteroatoms. The zero-order valence-corrected chi connectivity index (χ0v) is 5.04. The number of halogens is 3. The highest BCUT2D eigenvalue weighted by atomic mass is 19.4. The van der Waals surface area contributed by atoms with Crippen LogP contribution in [0.3, 0.4) is 0 Å². The fraction of sp³-hybridized carbons (Fsp3) is 0. The van der Waals surface area contributed by atoms with Crippen LogP contribution in [0.4, 0.5) is 19.3 Å². The lowest BCUT2D eigenvalue weighted by molar-refractivity contribution is 0.229. The second kappa shape index (κ2) is 2.60. The SMILES string of the molecule is O=c1nc(N(F)F)ccn1F. The Morgan fingerprint density at radius 1 is 1.55 bits per heavy atom. The average Bonchev–Trinajstić information content (AvgIpc) is 1.94. The first-order chi connectivity index (χ1) is 5.11. The molecule has 0 fully saturated rings. The number of aromatic nitrogens is 2. The Morgan fingerprint density at radius 2 is 2.18 bits per heavy atom.